The zero-order valence-corrected chi connectivity index (χ0v) is 12.9. The number of benzene rings is 1. The second-order valence-corrected chi connectivity index (χ2v) is 6.17. The van der Waals surface area contributed by atoms with Crippen LogP contribution in [-0.4, -0.2) is 30.4 Å². The molecule has 0 unspecified atom stereocenters. The highest BCUT2D eigenvalue weighted by molar-refractivity contribution is 9.10. The number of carbonyl (C=O) groups is 1. The van der Waals surface area contributed by atoms with E-state index in [1.807, 2.05) is 29.2 Å². The topological polar surface area (TPSA) is 32.3 Å². The van der Waals surface area contributed by atoms with E-state index in [0.29, 0.717) is 13.0 Å². The zero-order valence-electron chi connectivity index (χ0n) is 11.4. The summed E-state index contributed by atoms with van der Waals surface area (Å²) in [5.41, 5.74) is 1.05. The summed E-state index contributed by atoms with van der Waals surface area (Å²) in [6.45, 7) is 4.81. The SMILES string of the molecule is CC1CCN(C(=O)CCNc2cccc(Br)c2)CC1. The van der Waals surface area contributed by atoms with Crippen LogP contribution in [0.3, 0.4) is 0 Å². The zero-order chi connectivity index (χ0) is 13.7. The van der Waals surface area contributed by atoms with E-state index in [1.54, 1.807) is 0 Å². The first-order chi connectivity index (χ1) is 9.15. The number of carbonyl (C=O) groups excluding carboxylic acids is 1. The highest BCUT2D eigenvalue weighted by Crippen LogP contribution is 2.17. The molecule has 1 heterocycles. The number of anilines is 1. The number of likely N-dealkylation sites (tertiary alicyclic amines) is 1. The van der Waals surface area contributed by atoms with Crippen LogP contribution in [0.2, 0.25) is 0 Å². The Labute approximate surface area is 123 Å². The fourth-order valence-electron chi connectivity index (χ4n) is 2.33. The van der Waals surface area contributed by atoms with Crippen LogP contribution in [0.1, 0.15) is 26.2 Å². The van der Waals surface area contributed by atoms with E-state index in [4.69, 9.17) is 0 Å². The summed E-state index contributed by atoms with van der Waals surface area (Å²) >= 11 is 3.44. The van der Waals surface area contributed by atoms with Crippen molar-refractivity contribution < 1.29 is 4.79 Å². The Hall–Kier alpha value is -1.03. The number of nitrogens with zero attached hydrogens (tertiary/aromatic N) is 1. The molecule has 0 aromatic heterocycles. The second kappa shape index (κ2) is 6.94. The first-order valence-corrected chi connectivity index (χ1v) is 7.71. The molecule has 1 N–H and O–H groups in total. The monoisotopic (exact) mass is 324 g/mol. The maximum atomic E-state index is 12.0. The van der Waals surface area contributed by atoms with Crippen molar-refractivity contribution >= 4 is 27.5 Å². The van der Waals surface area contributed by atoms with Gasteiger partial charge in [-0.1, -0.05) is 28.9 Å². The molecule has 104 valence electrons. The van der Waals surface area contributed by atoms with Gasteiger partial charge in [0.2, 0.25) is 5.91 Å². The van der Waals surface area contributed by atoms with Gasteiger partial charge in [0.15, 0.2) is 0 Å². The predicted octanol–water partition coefficient (Wildman–Crippen LogP) is 3.51. The average molecular weight is 325 g/mol. The van der Waals surface area contributed by atoms with Gasteiger partial charge in [0.1, 0.15) is 0 Å². The first-order valence-electron chi connectivity index (χ1n) is 6.92. The Bertz CT molecular complexity index is 428. The predicted molar refractivity (Wildman–Crippen MR) is 82.2 cm³/mol. The third-order valence-electron chi connectivity index (χ3n) is 3.63. The highest BCUT2D eigenvalue weighted by atomic mass is 79.9. The normalized spacial score (nSPS) is 16.4. The molecule has 1 amide bonds. The standard InChI is InChI=1S/C15H21BrN2O/c1-12-6-9-18(10-7-12)15(19)5-8-17-14-4-2-3-13(16)11-14/h2-4,11-12,17H,5-10H2,1H3. The number of nitrogens with one attached hydrogen (secondary N) is 1. The summed E-state index contributed by atoms with van der Waals surface area (Å²) in [5.74, 6) is 1.04. The lowest BCUT2D eigenvalue weighted by molar-refractivity contribution is -0.132. The number of amides is 1. The Morgan fingerprint density at radius 2 is 2.16 bits per heavy atom. The lowest BCUT2D eigenvalue weighted by atomic mass is 9.99. The highest BCUT2D eigenvalue weighted by Gasteiger charge is 2.19. The fourth-order valence-corrected chi connectivity index (χ4v) is 2.73. The van der Waals surface area contributed by atoms with Crippen LogP contribution >= 0.6 is 15.9 Å². The lowest BCUT2D eigenvalue weighted by Crippen LogP contribution is -2.38. The third-order valence-corrected chi connectivity index (χ3v) is 4.12. The van der Waals surface area contributed by atoms with E-state index in [9.17, 15) is 4.79 Å². The van der Waals surface area contributed by atoms with E-state index in [-0.39, 0.29) is 5.91 Å². The molecule has 4 heteroatoms. The van der Waals surface area contributed by atoms with Gasteiger partial charge in [-0.2, -0.15) is 0 Å². The summed E-state index contributed by atoms with van der Waals surface area (Å²) in [7, 11) is 0. The maximum absolute atomic E-state index is 12.0. The van der Waals surface area contributed by atoms with E-state index >= 15 is 0 Å². The van der Waals surface area contributed by atoms with Gasteiger partial charge in [-0.25, -0.2) is 0 Å². The van der Waals surface area contributed by atoms with Crippen molar-refractivity contribution in [2.45, 2.75) is 26.2 Å². The molecule has 0 aliphatic carbocycles. The largest absolute Gasteiger partial charge is 0.384 e. The molecule has 3 nitrogen and oxygen atoms in total. The van der Waals surface area contributed by atoms with Gasteiger partial charge in [0.25, 0.3) is 0 Å². The number of halogens is 1. The van der Waals surface area contributed by atoms with Crippen LogP contribution in [0.5, 0.6) is 0 Å². The van der Waals surface area contributed by atoms with Crippen molar-refractivity contribution in [3.8, 4) is 0 Å². The van der Waals surface area contributed by atoms with Gasteiger partial charge < -0.3 is 10.2 Å². The van der Waals surface area contributed by atoms with E-state index in [2.05, 4.69) is 28.2 Å². The van der Waals surface area contributed by atoms with Gasteiger partial charge in [-0.05, 0) is 37.0 Å². The van der Waals surface area contributed by atoms with Gasteiger partial charge in [0.05, 0.1) is 0 Å². The number of hydrogen-bond acceptors (Lipinski definition) is 2. The Morgan fingerprint density at radius 3 is 2.84 bits per heavy atom. The van der Waals surface area contributed by atoms with Gasteiger partial charge >= 0.3 is 0 Å². The van der Waals surface area contributed by atoms with Crippen molar-refractivity contribution in [2.75, 3.05) is 25.0 Å². The smallest absolute Gasteiger partial charge is 0.224 e. The van der Waals surface area contributed by atoms with E-state index in [0.717, 1.165) is 42.0 Å². The average Bonchev–Trinajstić information content (AvgIpc) is 2.39. The molecular weight excluding hydrogens is 304 g/mol. The second-order valence-electron chi connectivity index (χ2n) is 5.25. The quantitative estimate of drug-likeness (QED) is 0.919. The van der Waals surface area contributed by atoms with Crippen LogP contribution in [0.25, 0.3) is 0 Å². The summed E-state index contributed by atoms with van der Waals surface area (Å²) in [6, 6.07) is 8.01. The van der Waals surface area contributed by atoms with Crippen LogP contribution in [-0.2, 0) is 4.79 Å². The molecule has 1 fully saturated rings. The Kier molecular flexibility index (Phi) is 5.25. The molecule has 0 radical (unpaired) electrons. The van der Waals surface area contributed by atoms with Crippen molar-refractivity contribution in [3.63, 3.8) is 0 Å². The van der Waals surface area contributed by atoms with Gasteiger partial charge in [0, 0.05) is 36.2 Å². The number of hydrogen-bond donors (Lipinski definition) is 1. The fraction of sp³-hybridized carbons (Fsp3) is 0.533. The Balaban J connectivity index is 1.72. The molecule has 0 atom stereocenters. The van der Waals surface area contributed by atoms with E-state index in [1.165, 1.54) is 0 Å². The van der Waals surface area contributed by atoms with Crippen molar-refractivity contribution in [3.05, 3.63) is 28.7 Å². The summed E-state index contributed by atoms with van der Waals surface area (Å²) in [4.78, 5) is 14.0. The van der Waals surface area contributed by atoms with Crippen LogP contribution in [0.4, 0.5) is 5.69 Å². The minimum Gasteiger partial charge on any atom is -0.384 e. The number of piperidine rings is 1. The van der Waals surface area contributed by atoms with Crippen LogP contribution < -0.4 is 5.32 Å². The van der Waals surface area contributed by atoms with Crippen molar-refractivity contribution in [2.24, 2.45) is 5.92 Å². The molecule has 19 heavy (non-hydrogen) atoms. The molecule has 1 aromatic carbocycles. The molecule has 0 spiro atoms. The molecule has 0 bridgehead atoms. The van der Waals surface area contributed by atoms with E-state index < -0.39 is 0 Å². The molecular formula is C15H21BrN2O. The molecule has 1 aromatic rings. The number of rotatable bonds is 4. The summed E-state index contributed by atoms with van der Waals surface area (Å²) in [5, 5.41) is 3.29. The molecule has 1 aliphatic heterocycles. The van der Waals surface area contributed by atoms with Gasteiger partial charge in [-0.3, -0.25) is 4.79 Å². The molecule has 0 saturated carbocycles. The minimum absolute atomic E-state index is 0.273. The molecule has 1 aliphatic rings. The van der Waals surface area contributed by atoms with Crippen LogP contribution in [0, 0.1) is 5.92 Å². The van der Waals surface area contributed by atoms with Crippen molar-refractivity contribution in [1.29, 1.82) is 0 Å². The summed E-state index contributed by atoms with van der Waals surface area (Å²) < 4.78 is 1.05. The third kappa shape index (κ3) is 4.53. The van der Waals surface area contributed by atoms with Crippen molar-refractivity contribution in [1.82, 2.24) is 4.90 Å². The Morgan fingerprint density at radius 1 is 1.42 bits per heavy atom. The minimum atomic E-state index is 0.273. The molecule has 2 rings (SSSR count). The van der Waals surface area contributed by atoms with Crippen LogP contribution in [0.15, 0.2) is 28.7 Å². The molecule has 1 saturated heterocycles. The first kappa shape index (κ1) is 14.4. The summed E-state index contributed by atoms with van der Waals surface area (Å²) in [6.07, 6.45) is 2.86. The van der Waals surface area contributed by atoms with Gasteiger partial charge in [-0.15, -0.1) is 0 Å². The maximum Gasteiger partial charge on any atom is 0.224 e. The lowest BCUT2D eigenvalue weighted by Gasteiger charge is -2.30.